The Morgan fingerprint density at radius 3 is 2.28 bits per heavy atom. The maximum Gasteiger partial charge on any atom is 0.262 e. The van der Waals surface area contributed by atoms with E-state index in [2.05, 4.69) is 19.2 Å². The summed E-state index contributed by atoms with van der Waals surface area (Å²) < 4.78 is 0. The topological polar surface area (TPSA) is 66.5 Å². The molecule has 1 heterocycles. The second kappa shape index (κ2) is 6.51. The van der Waals surface area contributed by atoms with Crippen LogP contribution in [0, 0.1) is 6.92 Å². The van der Waals surface area contributed by atoms with Gasteiger partial charge in [0.2, 0.25) is 5.91 Å². The quantitative estimate of drug-likeness (QED) is 0.871. The summed E-state index contributed by atoms with van der Waals surface area (Å²) in [6, 6.07) is 12.6. The predicted octanol–water partition coefficient (Wildman–Crippen LogP) is 3.35. The smallest absolute Gasteiger partial charge is 0.262 e. The Kier molecular flexibility index (Phi) is 4.40. The molecule has 5 nitrogen and oxygen atoms in total. The van der Waals surface area contributed by atoms with Gasteiger partial charge in [-0.3, -0.25) is 19.3 Å². The maximum absolute atomic E-state index is 12.4. The largest absolute Gasteiger partial charge is 0.325 e. The molecule has 0 unspecified atom stereocenters. The van der Waals surface area contributed by atoms with Crippen molar-refractivity contribution in [1.82, 2.24) is 4.90 Å². The first kappa shape index (κ1) is 16.9. The molecule has 0 fully saturated rings. The van der Waals surface area contributed by atoms with Crippen molar-refractivity contribution < 1.29 is 14.4 Å². The van der Waals surface area contributed by atoms with Gasteiger partial charge in [0.25, 0.3) is 11.8 Å². The third-order valence-electron chi connectivity index (χ3n) is 4.29. The normalized spacial score (nSPS) is 13.4. The number of hydrogen-bond acceptors (Lipinski definition) is 3. The average molecular weight is 336 g/mol. The van der Waals surface area contributed by atoms with Crippen LogP contribution in [-0.4, -0.2) is 29.2 Å². The van der Waals surface area contributed by atoms with Crippen molar-refractivity contribution in [2.75, 3.05) is 11.9 Å². The van der Waals surface area contributed by atoms with Gasteiger partial charge in [-0.2, -0.15) is 0 Å². The Balaban J connectivity index is 1.69. The molecule has 0 saturated carbocycles. The molecule has 0 atom stereocenters. The summed E-state index contributed by atoms with van der Waals surface area (Å²) in [6.07, 6.45) is 0. The lowest BCUT2D eigenvalue weighted by molar-refractivity contribution is -0.116. The van der Waals surface area contributed by atoms with Crippen LogP contribution in [0.25, 0.3) is 0 Å². The number of aryl methyl sites for hydroxylation is 1. The highest BCUT2D eigenvalue weighted by atomic mass is 16.2. The molecule has 2 aromatic carbocycles. The average Bonchev–Trinajstić information content (AvgIpc) is 2.80. The van der Waals surface area contributed by atoms with Crippen LogP contribution in [0.1, 0.15) is 51.6 Å². The molecule has 1 aliphatic rings. The van der Waals surface area contributed by atoms with Crippen LogP contribution >= 0.6 is 0 Å². The summed E-state index contributed by atoms with van der Waals surface area (Å²) in [5.41, 5.74) is 3.43. The Hall–Kier alpha value is -2.95. The van der Waals surface area contributed by atoms with Gasteiger partial charge in [-0.1, -0.05) is 37.6 Å². The van der Waals surface area contributed by atoms with Gasteiger partial charge in [0.05, 0.1) is 11.1 Å². The second-order valence-corrected chi connectivity index (χ2v) is 6.57. The van der Waals surface area contributed by atoms with E-state index in [4.69, 9.17) is 0 Å². The lowest BCUT2D eigenvalue weighted by Crippen LogP contribution is -2.37. The number of nitrogens with one attached hydrogen (secondary N) is 1. The van der Waals surface area contributed by atoms with E-state index in [1.165, 1.54) is 5.56 Å². The summed E-state index contributed by atoms with van der Waals surface area (Å²) in [7, 11) is 0. The van der Waals surface area contributed by atoms with Gasteiger partial charge in [-0.15, -0.1) is 0 Å². The number of anilines is 1. The summed E-state index contributed by atoms with van der Waals surface area (Å²) >= 11 is 0. The second-order valence-electron chi connectivity index (χ2n) is 6.57. The number of imide groups is 1. The molecule has 25 heavy (non-hydrogen) atoms. The van der Waals surface area contributed by atoms with E-state index in [0.29, 0.717) is 22.7 Å². The van der Waals surface area contributed by atoms with Gasteiger partial charge in [-0.25, -0.2) is 0 Å². The molecule has 0 aliphatic carbocycles. The zero-order chi connectivity index (χ0) is 18.1. The molecule has 0 bridgehead atoms. The highest BCUT2D eigenvalue weighted by Gasteiger charge is 2.36. The number of fused-ring (bicyclic) bond motifs is 1. The fourth-order valence-electron chi connectivity index (χ4n) is 2.84. The monoisotopic (exact) mass is 336 g/mol. The molecule has 2 aromatic rings. The molecule has 3 amide bonds. The Bertz CT molecular complexity index is 854. The minimum Gasteiger partial charge on any atom is -0.325 e. The van der Waals surface area contributed by atoms with E-state index < -0.39 is 17.7 Å². The van der Waals surface area contributed by atoms with Gasteiger partial charge >= 0.3 is 0 Å². The van der Waals surface area contributed by atoms with Crippen molar-refractivity contribution in [2.45, 2.75) is 26.7 Å². The summed E-state index contributed by atoms with van der Waals surface area (Å²) in [4.78, 5) is 38.0. The van der Waals surface area contributed by atoms with Gasteiger partial charge in [0.1, 0.15) is 6.54 Å². The van der Waals surface area contributed by atoms with Crippen LogP contribution in [0.4, 0.5) is 5.69 Å². The standard InChI is InChI=1S/C20H20N2O3/c1-12(2)14-5-7-15(8-6-14)21-18(23)11-22-19(24)16-9-4-13(3)10-17(16)20(22)25/h4-10,12H,11H2,1-3H3,(H,21,23). The van der Waals surface area contributed by atoms with Crippen LogP contribution in [0.2, 0.25) is 0 Å². The van der Waals surface area contributed by atoms with Crippen molar-refractivity contribution in [3.8, 4) is 0 Å². The zero-order valence-electron chi connectivity index (χ0n) is 14.5. The molecule has 1 N–H and O–H groups in total. The van der Waals surface area contributed by atoms with E-state index in [9.17, 15) is 14.4 Å². The van der Waals surface area contributed by atoms with Crippen LogP contribution in [0.15, 0.2) is 42.5 Å². The van der Waals surface area contributed by atoms with E-state index in [-0.39, 0.29) is 6.54 Å². The molecular formula is C20H20N2O3. The molecule has 5 heteroatoms. The first-order chi connectivity index (χ1) is 11.9. The van der Waals surface area contributed by atoms with Gasteiger partial charge in [0.15, 0.2) is 0 Å². The molecule has 3 rings (SSSR count). The molecule has 0 radical (unpaired) electrons. The van der Waals surface area contributed by atoms with Crippen LogP contribution in [-0.2, 0) is 4.79 Å². The van der Waals surface area contributed by atoms with Crippen molar-refractivity contribution >= 4 is 23.4 Å². The van der Waals surface area contributed by atoms with Crippen LogP contribution in [0.3, 0.4) is 0 Å². The van der Waals surface area contributed by atoms with E-state index >= 15 is 0 Å². The van der Waals surface area contributed by atoms with Crippen molar-refractivity contribution in [3.05, 3.63) is 64.7 Å². The lowest BCUT2D eigenvalue weighted by atomic mass is 10.0. The van der Waals surface area contributed by atoms with Crippen molar-refractivity contribution in [3.63, 3.8) is 0 Å². The Morgan fingerprint density at radius 1 is 1.00 bits per heavy atom. The fraction of sp³-hybridized carbons (Fsp3) is 0.250. The lowest BCUT2D eigenvalue weighted by Gasteiger charge is -2.14. The highest BCUT2D eigenvalue weighted by molar-refractivity contribution is 6.22. The number of carbonyl (C=O) groups excluding carboxylic acids is 3. The summed E-state index contributed by atoms with van der Waals surface area (Å²) in [6.45, 7) is 5.75. The molecule has 0 saturated heterocycles. The van der Waals surface area contributed by atoms with Crippen LogP contribution < -0.4 is 5.32 Å². The first-order valence-corrected chi connectivity index (χ1v) is 8.23. The maximum atomic E-state index is 12.4. The molecule has 0 aromatic heterocycles. The predicted molar refractivity (Wildman–Crippen MR) is 95.7 cm³/mol. The van der Waals surface area contributed by atoms with Gasteiger partial charge in [-0.05, 0) is 42.7 Å². The number of rotatable bonds is 4. The van der Waals surface area contributed by atoms with E-state index in [0.717, 1.165) is 10.5 Å². The van der Waals surface area contributed by atoms with E-state index in [1.54, 1.807) is 18.2 Å². The summed E-state index contributed by atoms with van der Waals surface area (Å²) in [5.74, 6) is -0.839. The molecule has 0 spiro atoms. The highest BCUT2D eigenvalue weighted by Crippen LogP contribution is 2.24. The number of carbonyl (C=O) groups is 3. The van der Waals surface area contributed by atoms with Crippen molar-refractivity contribution in [2.24, 2.45) is 0 Å². The van der Waals surface area contributed by atoms with Gasteiger partial charge in [0, 0.05) is 5.69 Å². The Labute approximate surface area is 146 Å². The molecular weight excluding hydrogens is 316 g/mol. The molecule has 1 aliphatic heterocycles. The minimum absolute atomic E-state index is 0.294. The number of benzene rings is 2. The third-order valence-corrected chi connectivity index (χ3v) is 4.29. The zero-order valence-corrected chi connectivity index (χ0v) is 14.5. The summed E-state index contributed by atoms with van der Waals surface area (Å²) in [5, 5.41) is 2.73. The van der Waals surface area contributed by atoms with Crippen LogP contribution in [0.5, 0.6) is 0 Å². The first-order valence-electron chi connectivity index (χ1n) is 8.23. The third kappa shape index (κ3) is 3.31. The van der Waals surface area contributed by atoms with Gasteiger partial charge < -0.3 is 5.32 Å². The number of nitrogens with zero attached hydrogens (tertiary/aromatic N) is 1. The molecule has 128 valence electrons. The Morgan fingerprint density at radius 2 is 1.64 bits per heavy atom. The van der Waals surface area contributed by atoms with Crippen molar-refractivity contribution in [1.29, 1.82) is 0 Å². The van der Waals surface area contributed by atoms with E-state index in [1.807, 2.05) is 31.2 Å². The SMILES string of the molecule is Cc1ccc2c(c1)C(=O)N(CC(=O)Nc1ccc(C(C)C)cc1)C2=O. The number of hydrogen-bond donors (Lipinski definition) is 1. The fourth-order valence-corrected chi connectivity index (χ4v) is 2.84. The minimum atomic E-state index is -0.426. The number of amides is 3.